The maximum Gasteiger partial charge on any atom is 0.238 e. The van der Waals surface area contributed by atoms with Crippen molar-refractivity contribution in [2.24, 2.45) is 0 Å². The van der Waals surface area contributed by atoms with Gasteiger partial charge >= 0.3 is 0 Å². The minimum absolute atomic E-state index is 0.0476. The summed E-state index contributed by atoms with van der Waals surface area (Å²) < 4.78 is 5.10. The minimum Gasteiger partial charge on any atom is -0.497 e. The van der Waals surface area contributed by atoms with Gasteiger partial charge in [-0.1, -0.05) is 18.2 Å². The lowest BCUT2D eigenvalue weighted by Crippen LogP contribution is -2.32. The summed E-state index contributed by atoms with van der Waals surface area (Å²) >= 11 is 1.44. The fourth-order valence-electron chi connectivity index (χ4n) is 1.90. The Morgan fingerprint density at radius 1 is 1.18 bits per heavy atom. The van der Waals surface area contributed by atoms with Gasteiger partial charge in [-0.15, -0.1) is 11.8 Å². The first-order valence-electron chi connectivity index (χ1n) is 6.74. The Hall–Kier alpha value is -2.45. The summed E-state index contributed by atoms with van der Waals surface area (Å²) in [5.41, 5.74) is 0.740. The van der Waals surface area contributed by atoms with E-state index in [1.165, 1.54) is 16.7 Å². The van der Waals surface area contributed by atoms with Crippen LogP contribution in [0, 0.1) is 11.3 Å². The smallest absolute Gasteiger partial charge is 0.238 e. The first kappa shape index (κ1) is 15.9. The van der Waals surface area contributed by atoms with Crippen LogP contribution in [0.5, 0.6) is 5.75 Å². The van der Waals surface area contributed by atoms with Crippen LogP contribution in [0.2, 0.25) is 0 Å². The quantitative estimate of drug-likeness (QED) is 0.606. The van der Waals surface area contributed by atoms with Gasteiger partial charge < -0.3 is 4.74 Å². The summed E-state index contributed by atoms with van der Waals surface area (Å²) in [7, 11) is 1.62. The summed E-state index contributed by atoms with van der Waals surface area (Å²) in [5.74, 6) is 0.975. The Bertz CT molecular complexity index is 651. The highest BCUT2D eigenvalue weighted by molar-refractivity contribution is 8.00. The Morgan fingerprint density at radius 3 is 2.45 bits per heavy atom. The van der Waals surface area contributed by atoms with Crippen molar-refractivity contribution in [3.8, 4) is 11.8 Å². The van der Waals surface area contributed by atoms with E-state index >= 15 is 0 Å². The van der Waals surface area contributed by atoms with Crippen LogP contribution in [-0.4, -0.2) is 25.3 Å². The van der Waals surface area contributed by atoms with Crippen LogP contribution >= 0.6 is 11.8 Å². The number of thioether (sulfide) groups is 1. The van der Waals surface area contributed by atoms with Crippen molar-refractivity contribution in [2.45, 2.75) is 4.90 Å². The third kappa shape index (κ3) is 4.27. The first-order chi connectivity index (χ1) is 10.7. The number of nitriles is 1. The molecule has 0 bridgehead atoms. The van der Waals surface area contributed by atoms with E-state index in [0.717, 1.165) is 16.3 Å². The van der Waals surface area contributed by atoms with Crippen LogP contribution in [0.4, 0.5) is 5.69 Å². The Kier molecular flexibility index (Phi) is 5.87. The number of amides is 1. The van der Waals surface area contributed by atoms with E-state index in [4.69, 9.17) is 10.00 Å². The average molecular weight is 312 g/mol. The predicted octanol–water partition coefficient (Wildman–Crippen LogP) is 3.34. The molecule has 0 spiro atoms. The van der Waals surface area contributed by atoms with Gasteiger partial charge in [-0.25, -0.2) is 0 Å². The van der Waals surface area contributed by atoms with Gasteiger partial charge in [0.15, 0.2) is 0 Å². The van der Waals surface area contributed by atoms with Crippen molar-refractivity contribution in [1.29, 1.82) is 5.26 Å². The van der Waals surface area contributed by atoms with Crippen molar-refractivity contribution < 1.29 is 9.53 Å². The largest absolute Gasteiger partial charge is 0.497 e. The van der Waals surface area contributed by atoms with Gasteiger partial charge in [-0.3, -0.25) is 9.69 Å². The number of hydrogen-bond donors (Lipinski definition) is 0. The molecule has 0 fully saturated rings. The van der Waals surface area contributed by atoms with Crippen LogP contribution in [0.15, 0.2) is 59.5 Å². The Balaban J connectivity index is 2.00. The summed E-state index contributed by atoms with van der Waals surface area (Å²) in [5, 5.41) is 8.93. The number of benzene rings is 2. The number of anilines is 1. The van der Waals surface area contributed by atoms with Gasteiger partial charge in [0.1, 0.15) is 12.3 Å². The van der Waals surface area contributed by atoms with Crippen molar-refractivity contribution in [3.05, 3.63) is 54.6 Å². The standard InChI is InChI=1S/C17H16N2O2S/c1-21-15-7-9-16(10-8-15)22-13-17(20)19(12-11-18)14-5-3-2-4-6-14/h2-10H,12-13H2,1H3. The molecule has 0 unspecified atom stereocenters. The second kappa shape index (κ2) is 8.11. The van der Waals surface area contributed by atoms with E-state index in [1.54, 1.807) is 7.11 Å². The van der Waals surface area contributed by atoms with Crippen molar-refractivity contribution >= 4 is 23.4 Å². The molecule has 0 saturated heterocycles. The zero-order valence-corrected chi connectivity index (χ0v) is 13.0. The van der Waals surface area contributed by atoms with Crippen LogP contribution in [0.25, 0.3) is 0 Å². The molecule has 5 heteroatoms. The fraction of sp³-hybridized carbons (Fsp3) is 0.176. The lowest BCUT2D eigenvalue weighted by molar-refractivity contribution is -0.116. The monoisotopic (exact) mass is 312 g/mol. The third-order valence-electron chi connectivity index (χ3n) is 3.02. The van der Waals surface area contributed by atoms with E-state index < -0.39 is 0 Å². The number of rotatable bonds is 6. The van der Waals surface area contributed by atoms with E-state index in [1.807, 2.05) is 60.7 Å². The number of hydrogen-bond acceptors (Lipinski definition) is 4. The van der Waals surface area contributed by atoms with E-state index in [-0.39, 0.29) is 18.2 Å². The molecule has 1 amide bonds. The van der Waals surface area contributed by atoms with Gasteiger partial charge in [0.2, 0.25) is 5.91 Å². The lowest BCUT2D eigenvalue weighted by Gasteiger charge is -2.19. The number of ether oxygens (including phenoxy) is 1. The zero-order chi connectivity index (χ0) is 15.8. The van der Waals surface area contributed by atoms with Crippen LogP contribution in [0.1, 0.15) is 0 Å². The van der Waals surface area contributed by atoms with Gasteiger partial charge in [0, 0.05) is 10.6 Å². The van der Waals surface area contributed by atoms with Crippen molar-refractivity contribution in [2.75, 3.05) is 24.3 Å². The molecule has 4 nitrogen and oxygen atoms in total. The summed E-state index contributed by atoms with van der Waals surface area (Å²) in [6.45, 7) is 0.0476. The number of methoxy groups -OCH3 is 1. The molecule has 0 atom stereocenters. The van der Waals surface area contributed by atoms with Gasteiger partial charge in [-0.05, 0) is 36.4 Å². The topological polar surface area (TPSA) is 53.3 Å². The molecule has 0 radical (unpaired) electrons. The summed E-state index contributed by atoms with van der Waals surface area (Å²) in [6, 6.07) is 18.8. The summed E-state index contributed by atoms with van der Waals surface area (Å²) in [4.78, 5) is 14.8. The Labute approximate surface area is 134 Å². The highest BCUT2D eigenvalue weighted by Gasteiger charge is 2.15. The molecule has 22 heavy (non-hydrogen) atoms. The fourth-order valence-corrected chi connectivity index (χ4v) is 2.67. The molecule has 112 valence electrons. The molecule has 2 aromatic carbocycles. The van der Waals surface area contributed by atoms with Gasteiger partial charge in [0.25, 0.3) is 0 Å². The first-order valence-corrected chi connectivity index (χ1v) is 7.72. The molecule has 2 aromatic rings. The second-order valence-corrected chi connectivity index (χ2v) is 5.49. The SMILES string of the molecule is COc1ccc(SCC(=O)N(CC#N)c2ccccc2)cc1. The van der Waals surface area contributed by atoms with Crippen molar-refractivity contribution in [3.63, 3.8) is 0 Å². The normalized spacial score (nSPS) is 9.82. The number of carbonyl (C=O) groups is 1. The highest BCUT2D eigenvalue weighted by Crippen LogP contribution is 2.22. The van der Waals surface area contributed by atoms with Crippen LogP contribution < -0.4 is 9.64 Å². The molecule has 0 aliphatic rings. The molecule has 2 rings (SSSR count). The zero-order valence-electron chi connectivity index (χ0n) is 12.2. The van der Waals surface area contributed by atoms with Crippen LogP contribution in [-0.2, 0) is 4.79 Å². The van der Waals surface area contributed by atoms with Crippen molar-refractivity contribution in [1.82, 2.24) is 0 Å². The Morgan fingerprint density at radius 2 is 1.86 bits per heavy atom. The maximum atomic E-state index is 12.4. The van der Waals surface area contributed by atoms with Crippen LogP contribution in [0.3, 0.4) is 0 Å². The van der Waals surface area contributed by atoms with E-state index in [0.29, 0.717) is 0 Å². The summed E-state index contributed by atoms with van der Waals surface area (Å²) in [6.07, 6.45) is 0. The third-order valence-corrected chi connectivity index (χ3v) is 4.02. The molecule has 0 aliphatic heterocycles. The number of para-hydroxylation sites is 1. The minimum atomic E-state index is -0.0893. The number of carbonyl (C=O) groups excluding carboxylic acids is 1. The highest BCUT2D eigenvalue weighted by atomic mass is 32.2. The average Bonchev–Trinajstić information content (AvgIpc) is 2.58. The van der Waals surface area contributed by atoms with E-state index in [9.17, 15) is 4.79 Å². The molecule has 0 aromatic heterocycles. The molecule has 0 heterocycles. The molecule has 0 aliphatic carbocycles. The molecular formula is C17H16N2O2S. The predicted molar refractivity (Wildman–Crippen MR) is 88.1 cm³/mol. The number of nitrogens with zero attached hydrogens (tertiary/aromatic N) is 2. The lowest BCUT2D eigenvalue weighted by atomic mass is 10.3. The molecule has 0 saturated carbocycles. The second-order valence-electron chi connectivity index (χ2n) is 4.44. The maximum absolute atomic E-state index is 12.4. The van der Waals surface area contributed by atoms with Gasteiger partial charge in [-0.2, -0.15) is 5.26 Å². The molecule has 0 N–H and O–H groups in total. The molecular weight excluding hydrogens is 296 g/mol. The van der Waals surface area contributed by atoms with Gasteiger partial charge in [0.05, 0.1) is 18.9 Å². The van der Waals surface area contributed by atoms with E-state index in [2.05, 4.69) is 0 Å².